The van der Waals surface area contributed by atoms with E-state index < -0.39 is 5.97 Å². The minimum absolute atomic E-state index is 0.316. The largest absolute Gasteiger partial charge is 0.478 e. The van der Waals surface area contributed by atoms with Crippen molar-refractivity contribution < 1.29 is 14.6 Å². The molecule has 1 saturated heterocycles. The molecule has 1 aliphatic heterocycles. The van der Waals surface area contributed by atoms with Crippen molar-refractivity contribution in [2.24, 2.45) is 5.92 Å². The summed E-state index contributed by atoms with van der Waals surface area (Å²) in [4.78, 5) is 10.7. The predicted octanol–water partition coefficient (Wildman–Crippen LogP) is 2.61. The van der Waals surface area contributed by atoms with Crippen LogP contribution in [-0.2, 0) is 4.74 Å². The molecule has 1 aromatic carbocycles. The number of nitrogens with one attached hydrogen (secondary N) is 1. The molecule has 0 radical (unpaired) electrons. The van der Waals surface area contributed by atoms with E-state index in [4.69, 9.17) is 9.84 Å². The van der Waals surface area contributed by atoms with Crippen LogP contribution < -0.4 is 5.32 Å². The van der Waals surface area contributed by atoms with E-state index in [2.05, 4.69) is 12.2 Å². The van der Waals surface area contributed by atoms with Gasteiger partial charge in [-0.15, -0.1) is 0 Å². The molecule has 4 heteroatoms. The number of anilines is 1. The van der Waals surface area contributed by atoms with E-state index in [1.807, 2.05) is 0 Å². The van der Waals surface area contributed by atoms with E-state index in [0.29, 0.717) is 17.6 Å². The van der Waals surface area contributed by atoms with Gasteiger partial charge < -0.3 is 15.2 Å². The summed E-state index contributed by atoms with van der Waals surface area (Å²) < 4.78 is 5.64. The van der Waals surface area contributed by atoms with Gasteiger partial charge >= 0.3 is 5.97 Å². The first-order chi connectivity index (χ1) is 8.70. The van der Waals surface area contributed by atoms with Crippen molar-refractivity contribution in [3.05, 3.63) is 29.8 Å². The Morgan fingerprint density at radius 1 is 1.44 bits per heavy atom. The van der Waals surface area contributed by atoms with Gasteiger partial charge in [-0.1, -0.05) is 6.92 Å². The van der Waals surface area contributed by atoms with Gasteiger partial charge in [0.05, 0.1) is 11.7 Å². The standard InChI is InChI=1S/C14H19NO3/c1-2-13-11(7-8-18-13)9-15-12-5-3-10(4-6-12)14(16)17/h3-6,11,13,15H,2,7-9H2,1H3,(H,16,17). The van der Waals surface area contributed by atoms with Gasteiger partial charge in [-0.05, 0) is 37.1 Å². The third-order valence-electron chi connectivity index (χ3n) is 3.45. The zero-order chi connectivity index (χ0) is 13.0. The van der Waals surface area contributed by atoms with Crippen LogP contribution in [0.3, 0.4) is 0 Å². The van der Waals surface area contributed by atoms with Crippen molar-refractivity contribution in [1.82, 2.24) is 0 Å². The topological polar surface area (TPSA) is 58.6 Å². The second kappa shape index (κ2) is 5.87. The van der Waals surface area contributed by atoms with Gasteiger partial charge in [0.25, 0.3) is 0 Å². The van der Waals surface area contributed by atoms with Gasteiger partial charge in [-0.25, -0.2) is 4.79 Å². The minimum atomic E-state index is -0.892. The minimum Gasteiger partial charge on any atom is -0.478 e. The summed E-state index contributed by atoms with van der Waals surface area (Å²) >= 11 is 0. The Kier molecular flexibility index (Phi) is 4.20. The van der Waals surface area contributed by atoms with Crippen LogP contribution >= 0.6 is 0 Å². The van der Waals surface area contributed by atoms with E-state index in [9.17, 15) is 4.79 Å². The molecule has 0 aromatic heterocycles. The van der Waals surface area contributed by atoms with Gasteiger partial charge in [0, 0.05) is 24.8 Å². The lowest BCUT2D eigenvalue weighted by Gasteiger charge is -2.17. The predicted molar refractivity (Wildman–Crippen MR) is 70.0 cm³/mol. The van der Waals surface area contributed by atoms with Crippen LogP contribution in [0, 0.1) is 5.92 Å². The summed E-state index contributed by atoms with van der Waals surface area (Å²) in [5, 5.41) is 12.2. The van der Waals surface area contributed by atoms with Crippen molar-refractivity contribution in [3.8, 4) is 0 Å². The smallest absolute Gasteiger partial charge is 0.335 e. The van der Waals surface area contributed by atoms with Crippen molar-refractivity contribution in [2.75, 3.05) is 18.5 Å². The van der Waals surface area contributed by atoms with Crippen molar-refractivity contribution in [1.29, 1.82) is 0 Å². The van der Waals surface area contributed by atoms with Crippen LogP contribution in [0.15, 0.2) is 24.3 Å². The number of benzene rings is 1. The van der Waals surface area contributed by atoms with Crippen LogP contribution in [0.5, 0.6) is 0 Å². The fourth-order valence-electron chi connectivity index (χ4n) is 2.36. The number of hydrogen-bond acceptors (Lipinski definition) is 3. The number of carboxylic acid groups (broad SMARTS) is 1. The van der Waals surface area contributed by atoms with Crippen LogP contribution in [-0.4, -0.2) is 30.3 Å². The van der Waals surface area contributed by atoms with Gasteiger partial charge in [0.2, 0.25) is 0 Å². The molecule has 0 aliphatic carbocycles. The molecular weight excluding hydrogens is 230 g/mol. The molecular formula is C14H19NO3. The van der Waals surface area contributed by atoms with E-state index in [-0.39, 0.29) is 0 Å². The van der Waals surface area contributed by atoms with Gasteiger partial charge in [0.15, 0.2) is 0 Å². The first kappa shape index (κ1) is 12.9. The normalized spacial score (nSPS) is 22.9. The molecule has 4 nitrogen and oxygen atoms in total. The third kappa shape index (κ3) is 3.01. The fraction of sp³-hybridized carbons (Fsp3) is 0.500. The van der Waals surface area contributed by atoms with Crippen LogP contribution in [0.4, 0.5) is 5.69 Å². The Bertz CT molecular complexity index is 402. The summed E-state index contributed by atoms with van der Waals surface area (Å²) in [6, 6.07) is 6.85. The molecule has 0 spiro atoms. The summed E-state index contributed by atoms with van der Waals surface area (Å²) in [7, 11) is 0. The molecule has 1 heterocycles. The second-order valence-electron chi connectivity index (χ2n) is 4.63. The molecule has 1 aliphatic rings. The lowest BCUT2D eigenvalue weighted by molar-refractivity contribution is 0.0697. The Morgan fingerprint density at radius 3 is 2.78 bits per heavy atom. The molecule has 0 saturated carbocycles. The SMILES string of the molecule is CCC1OCCC1CNc1ccc(C(=O)O)cc1. The van der Waals surface area contributed by atoms with Crippen LogP contribution in [0.2, 0.25) is 0 Å². The molecule has 0 bridgehead atoms. The van der Waals surface area contributed by atoms with Gasteiger partial charge in [-0.2, -0.15) is 0 Å². The molecule has 2 atom stereocenters. The monoisotopic (exact) mass is 249 g/mol. The summed E-state index contributed by atoms with van der Waals surface area (Å²) in [5.41, 5.74) is 1.28. The summed E-state index contributed by atoms with van der Waals surface area (Å²) in [6.07, 6.45) is 2.50. The van der Waals surface area contributed by atoms with Crippen molar-refractivity contribution in [3.63, 3.8) is 0 Å². The highest BCUT2D eigenvalue weighted by Gasteiger charge is 2.26. The first-order valence-corrected chi connectivity index (χ1v) is 6.39. The maximum atomic E-state index is 10.7. The highest BCUT2D eigenvalue weighted by atomic mass is 16.5. The number of carboxylic acids is 1. The molecule has 2 N–H and O–H groups in total. The lowest BCUT2D eigenvalue weighted by atomic mass is 9.99. The maximum absolute atomic E-state index is 10.7. The Labute approximate surface area is 107 Å². The Morgan fingerprint density at radius 2 is 2.17 bits per heavy atom. The quantitative estimate of drug-likeness (QED) is 0.842. The number of carbonyl (C=O) groups is 1. The molecule has 2 rings (SSSR count). The third-order valence-corrected chi connectivity index (χ3v) is 3.45. The van der Waals surface area contributed by atoms with Gasteiger partial charge in [0.1, 0.15) is 0 Å². The fourth-order valence-corrected chi connectivity index (χ4v) is 2.36. The average Bonchev–Trinajstić information content (AvgIpc) is 2.84. The second-order valence-corrected chi connectivity index (χ2v) is 4.63. The zero-order valence-electron chi connectivity index (χ0n) is 10.6. The Balaban J connectivity index is 1.88. The first-order valence-electron chi connectivity index (χ1n) is 6.39. The molecule has 0 amide bonds. The number of aromatic carboxylic acids is 1. The molecule has 1 fully saturated rings. The maximum Gasteiger partial charge on any atom is 0.335 e. The van der Waals surface area contributed by atoms with E-state index in [1.165, 1.54) is 0 Å². The molecule has 98 valence electrons. The van der Waals surface area contributed by atoms with E-state index >= 15 is 0 Å². The number of rotatable bonds is 5. The summed E-state index contributed by atoms with van der Waals surface area (Å²) in [5.74, 6) is -0.342. The van der Waals surface area contributed by atoms with E-state index in [0.717, 1.165) is 31.7 Å². The van der Waals surface area contributed by atoms with Crippen molar-refractivity contribution in [2.45, 2.75) is 25.9 Å². The lowest BCUT2D eigenvalue weighted by Crippen LogP contribution is -2.22. The number of hydrogen-bond donors (Lipinski definition) is 2. The van der Waals surface area contributed by atoms with Crippen LogP contribution in [0.1, 0.15) is 30.1 Å². The average molecular weight is 249 g/mol. The summed E-state index contributed by atoms with van der Waals surface area (Å²) in [6.45, 7) is 3.87. The zero-order valence-corrected chi connectivity index (χ0v) is 10.6. The van der Waals surface area contributed by atoms with Crippen LogP contribution in [0.25, 0.3) is 0 Å². The van der Waals surface area contributed by atoms with Crippen molar-refractivity contribution >= 4 is 11.7 Å². The Hall–Kier alpha value is -1.55. The van der Waals surface area contributed by atoms with Gasteiger partial charge in [-0.3, -0.25) is 0 Å². The molecule has 18 heavy (non-hydrogen) atoms. The molecule has 2 unspecified atom stereocenters. The highest BCUT2D eigenvalue weighted by Crippen LogP contribution is 2.23. The number of ether oxygens (including phenoxy) is 1. The highest BCUT2D eigenvalue weighted by molar-refractivity contribution is 5.87. The molecule has 1 aromatic rings. The van der Waals surface area contributed by atoms with E-state index in [1.54, 1.807) is 24.3 Å².